The minimum absolute atomic E-state index is 0.0264. The maximum Gasteiger partial charge on any atom is 0.302 e. The SMILES string of the molecule is CC(=O)O[C@@H]1CC[C@]2(C)[C@H]3CC[C@]4(C)C(=O)CC[C@H]4[C@@H]3CC[C@@]2(Cl)C1. The molecule has 4 rings (SSSR count). The number of fused-ring (bicyclic) bond motifs is 5. The number of hydrogen-bond acceptors (Lipinski definition) is 3. The summed E-state index contributed by atoms with van der Waals surface area (Å²) in [6, 6.07) is 0. The lowest BCUT2D eigenvalue weighted by Crippen LogP contribution is -2.60. The molecule has 140 valence electrons. The van der Waals surface area contributed by atoms with Crippen molar-refractivity contribution in [3.05, 3.63) is 0 Å². The minimum atomic E-state index is -0.261. The van der Waals surface area contributed by atoms with Gasteiger partial charge in [-0.3, -0.25) is 9.59 Å². The fraction of sp³-hybridized carbons (Fsp3) is 0.905. The Morgan fingerprint density at radius 1 is 1.08 bits per heavy atom. The van der Waals surface area contributed by atoms with Crippen LogP contribution in [-0.2, 0) is 14.3 Å². The molecule has 0 aromatic carbocycles. The van der Waals surface area contributed by atoms with Crippen molar-refractivity contribution in [1.29, 1.82) is 0 Å². The molecule has 4 aliphatic carbocycles. The first kappa shape index (κ1) is 17.8. The highest BCUT2D eigenvalue weighted by Crippen LogP contribution is 2.68. The first-order valence-electron chi connectivity index (χ1n) is 10.1. The van der Waals surface area contributed by atoms with Crippen molar-refractivity contribution in [3.63, 3.8) is 0 Å². The molecule has 0 heterocycles. The van der Waals surface area contributed by atoms with Gasteiger partial charge in [-0.25, -0.2) is 0 Å². The van der Waals surface area contributed by atoms with E-state index in [4.69, 9.17) is 16.3 Å². The third-order valence-corrected chi connectivity index (χ3v) is 9.51. The Morgan fingerprint density at radius 3 is 2.56 bits per heavy atom. The predicted molar refractivity (Wildman–Crippen MR) is 97.4 cm³/mol. The number of Topliss-reactive ketones (excluding diaryl/α,β-unsaturated/α-hetero) is 1. The van der Waals surface area contributed by atoms with E-state index in [0.717, 1.165) is 57.8 Å². The van der Waals surface area contributed by atoms with Gasteiger partial charge in [0.15, 0.2) is 0 Å². The molecule has 0 spiro atoms. The zero-order valence-electron chi connectivity index (χ0n) is 15.8. The molecular formula is C21H31ClO3. The standard InChI is InChI=1S/C21H31ClO3/c1-13(23)25-14-6-10-20(3)17-8-9-19(2)16(4-5-18(19)24)15(17)7-11-21(20,22)12-14/h14-17H,4-12H2,1-3H3/t14-,15+,16+,17+,19+,20-,21-/m1/s1. The number of carbonyl (C=O) groups is 2. The Hall–Kier alpha value is -0.570. The van der Waals surface area contributed by atoms with Crippen LogP contribution in [-0.4, -0.2) is 22.7 Å². The molecule has 0 N–H and O–H groups in total. The Morgan fingerprint density at radius 2 is 1.84 bits per heavy atom. The highest BCUT2D eigenvalue weighted by atomic mass is 35.5. The molecule has 7 atom stereocenters. The normalized spacial score (nSPS) is 52.1. The molecule has 25 heavy (non-hydrogen) atoms. The Bertz CT molecular complexity index is 604. The van der Waals surface area contributed by atoms with Crippen LogP contribution in [0.1, 0.15) is 78.6 Å². The first-order chi connectivity index (χ1) is 11.7. The van der Waals surface area contributed by atoms with Crippen LogP contribution < -0.4 is 0 Å². The average molecular weight is 367 g/mol. The third kappa shape index (κ3) is 2.44. The summed E-state index contributed by atoms with van der Waals surface area (Å²) >= 11 is 7.26. The average Bonchev–Trinajstić information content (AvgIpc) is 2.84. The van der Waals surface area contributed by atoms with Crippen LogP contribution in [0.25, 0.3) is 0 Å². The maximum absolute atomic E-state index is 12.5. The van der Waals surface area contributed by atoms with Gasteiger partial charge in [-0.2, -0.15) is 0 Å². The van der Waals surface area contributed by atoms with Gasteiger partial charge in [0.05, 0.1) is 4.87 Å². The fourth-order valence-electron chi connectivity index (χ4n) is 7.27. The molecule has 0 unspecified atom stereocenters. The van der Waals surface area contributed by atoms with Gasteiger partial charge in [0, 0.05) is 25.2 Å². The highest BCUT2D eigenvalue weighted by molar-refractivity contribution is 6.24. The molecule has 4 fully saturated rings. The second-order valence-corrected chi connectivity index (χ2v) is 10.4. The zero-order chi connectivity index (χ0) is 18.0. The van der Waals surface area contributed by atoms with E-state index in [2.05, 4.69) is 13.8 Å². The molecule has 4 aliphatic rings. The Balaban J connectivity index is 1.60. The number of hydrogen-bond donors (Lipinski definition) is 0. The van der Waals surface area contributed by atoms with Crippen molar-refractivity contribution >= 4 is 23.4 Å². The van der Waals surface area contributed by atoms with E-state index in [1.165, 1.54) is 6.92 Å². The molecule has 0 radical (unpaired) electrons. The number of alkyl halides is 1. The van der Waals surface area contributed by atoms with E-state index in [0.29, 0.717) is 23.5 Å². The summed E-state index contributed by atoms with van der Waals surface area (Å²) in [5, 5.41) is 0. The highest BCUT2D eigenvalue weighted by Gasteiger charge is 2.64. The van der Waals surface area contributed by atoms with Gasteiger partial charge in [-0.05, 0) is 68.1 Å². The van der Waals surface area contributed by atoms with E-state index < -0.39 is 0 Å². The first-order valence-corrected chi connectivity index (χ1v) is 10.5. The van der Waals surface area contributed by atoms with Gasteiger partial charge in [0.1, 0.15) is 11.9 Å². The summed E-state index contributed by atoms with van der Waals surface area (Å²) in [6.07, 6.45) is 8.87. The summed E-state index contributed by atoms with van der Waals surface area (Å²) < 4.78 is 5.52. The van der Waals surface area contributed by atoms with Crippen molar-refractivity contribution in [2.75, 3.05) is 0 Å². The maximum atomic E-state index is 12.5. The number of esters is 1. The van der Waals surface area contributed by atoms with Gasteiger partial charge in [-0.1, -0.05) is 13.8 Å². The van der Waals surface area contributed by atoms with Crippen molar-refractivity contribution in [2.24, 2.45) is 28.6 Å². The molecule has 0 saturated heterocycles. The predicted octanol–water partition coefficient (Wildman–Crippen LogP) is 4.89. The summed E-state index contributed by atoms with van der Waals surface area (Å²) in [7, 11) is 0. The summed E-state index contributed by atoms with van der Waals surface area (Å²) in [5.74, 6) is 2.12. The van der Waals surface area contributed by atoms with Crippen molar-refractivity contribution in [2.45, 2.75) is 89.5 Å². The smallest absolute Gasteiger partial charge is 0.302 e. The largest absolute Gasteiger partial charge is 0.462 e. The lowest BCUT2D eigenvalue weighted by atomic mass is 9.45. The van der Waals surface area contributed by atoms with Crippen LogP contribution in [0.5, 0.6) is 0 Å². The van der Waals surface area contributed by atoms with E-state index in [-0.39, 0.29) is 27.8 Å². The van der Waals surface area contributed by atoms with Crippen LogP contribution in [0.15, 0.2) is 0 Å². The van der Waals surface area contributed by atoms with Crippen molar-refractivity contribution < 1.29 is 14.3 Å². The monoisotopic (exact) mass is 366 g/mol. The second-order valence-electron chi connectivity index (χ2n) is 9.69. The van der Waals surface area contributed by atoms with Gasteiger partial charge in [0.25, 0.3) is 0 Å². The van der Waals surface area contributed by atoms with Crippen LogP contribution >= 0.6 is 11.6 Å². The summed E-state index contributed by atoms with van der Waals surface area (Å²) in [4.78, 5) is 23.6. The van der Waals surface area contributed by atoms with E-state index in [9.17, 15) is 9.59 Å². The number of halogens is 1. The molecule has 0 aromatic heterocycles. The molecular weight excluding hydrogens is 336 g/mol. The summed E-state index contributed by atoms with van der Waals surface area (Å²) in [5.41, 5.74) is 0.0277. The van der Waals surface area contributed by atoms with Crippen LogP contribution in [0.2, 0.25) is 0 Å². The molecule has 3 nitrogen and oxygen atoms in total. The lowest BCUT2D eigenvalue weighted by Gasteiger charge is -2.63. The fourth-order valence-corrected chi connectivity index (χ4v) is 7.78. The van der Waals surface area contributed by atoms with Crippen LogP contribution in [0.4, 0.5) is 0 Å². The van der Waals surface area contributed by atoms with Gasteiger partial charge >= 0.3 is 5.97 Å². The third-order valence-electron chi connectivity index (χ3n) is 8.73. The number of rotatable bonds is 1. The Kier molecular flexibility index (Phi) is 4.07. The number of ketones is 1. The van der Waals surface area contributed by atoms with Gasteiger partial charge < -0.3 is 4.74 Å². The van der Waals surface area contributed by atoms with E-state index in [1.54, 1.807) is 0 Å². The molecule has 4 saturated carbocycles. The summed E-state index contributed by atoms with van der Waals surface area (Å²) in [6.45, 7) is 6.11. The molecule has 0 aromatic rings. The van der Waals surface area contributed by atoms with Crippen molar-refractivity contribution in [1.82, 2.24) is 0 Å². The molecule has 0 amide bonds. The number of carbonyl (C=O) groups excluding carboxylic acids is 2. The minimum Gasteiger partial charge on any atom is -0.462 e. The molecule has 0 bridgehead atoms. The van der Waals surface area contributed by atoms with E-state index in [1.807, 2.05) is 0 Å². The van der Waals surface area contributed by atoms with Gasteiger partial charge in [-0.15, -0.1) is 11.6 Å². The van der Waals surface area contributed by atoms with E-state index >= 15 is 0 Å². The lowest BCUT2D eigenvalue weighted by molar-refractivity contribution is -0.156. The quantitative estimate of drug-likeness (QED) is 0.490. The number of ether oxygens (including phenoxy) is 1. The Labute approximate surface area is 156 Å². The molecule has 4 heteroatoms. The second kappa shape index (κ2) is 5.71. The van der Waals surface area contributed by atoms with Crippen LogP contribution in [0, 0.1) is 28.6 Å². The topological polar surface area (TPSA) is 43.4 Å². The zero-order valence-corrected chi connectivity index (χ0v) is 16.5. The van der Waals surface area contributed by atoms with Gasteiger partial charge in [0.2, 0.25) is 0 Å². The van der Waals surface area contributed by atoms with Crippen molar-refractivity contribution in [3.8, 4) is 0 Å². The molecule has 0 aliphatic heterocycles. The van der Waals surface area contributed by atoms with Crippen LogP contribution in [0.3, 0.4) is 0 Å².